The Bertz CT molecular complexity index is 620. The second kappa shape index (κ2) is 10.7. The molecule has 1 N–H and O–H groups in total. The maximum Gasteiger partial charge on any atom is 0.194 e. The molecular weight excluding hydrogens is 361 g/mol. The first-order valence-corrected chi connectivity index (χ1v) is 10.3. The lowest BCUT2D eigenvalue weighted by atomic mass is 10.1. The molecule has 2 heterocycles. The average molecular weight is 394 g/mol. The summed E-state index contributed by atoms with van der Waals surface area (Å²) >= 11 is 0. The van der Waals surface area contributed by atoms with Gasteiger partial charge in [0.2, 0.25) is 0 Å². The van der Waals surface area contributed by atoms with Crippen LogP contribution in [0, 0.1) is 5.82 Å². The molecule has 0 bridgehead atoms. The van der Waals surface area contributed by atoms with Gasteiger partial charge in [0.15, 0.2) is 5.96 Å². The predicted molar refractivity (Wildman–Crippen MR) is 107 cm³/mol. The van der Waals surface area contributed by atoms with Crippen molar-refractivity contribution in [2.45, 2.75) is 45.0 Å². The lowest BCUT2D eigenvalue weighted by Gasteiger charge is -2.38. The lowest BCUT2D eigenvalue weighted by Crippen LogP contribution is -2.50. The fraction of sp³-hybridized carbons (Fsp3) is 0.667. The van der Waals surface area contributed by atoms with Gasteiger partial charge >= 0.3 is 0 Å². The molecule has 0 amide bonds. The van der Waals surface area contributed by atoms with Gasteiger partial charge in [0.25, 0.3) is 0 Å². The molecule has 156 valence electrons. The first-order valence-electron chi connectivity index (χ1n) is 10.3. The van der Waals surface area contributed by atoms with E-state index in [1.54, 1.807) is 12.1 Å². The zero-order valence-corrected chi connectivity index (χ0v) is 16.9. The third kappa shape index (κ3) is 6.15. The fourth-order valence-electron chi connectivity index (χ4n) is 3.62. The topological polar surface area (TPSA) is 55.3 Å². The van der Waals surface area contributed by atoms with Crippen molar-refractivity contribution in [1.29, 1.82) is 0 Å². The number of guanidine groups is 1. The molecule has 0 aliphatic carbocycles. The molecule has 0 radical (unpaired) electrons. The highest BCUT2D eigenvalue weighted by Gasteiger charge is 2.28. The van der Waals surface area contributed by atoms with Gasteiger partial charge < -0.3 is 24.4 Å². The third-order valence-corrected chi connectivity index (χ3v) is 4.96. The molecule has 28 heavy (non-hydrogen) atoms. The minimum atomic E-state index is -0.234. The van der Waals surface area contributed by atoms with Crippen molar-refractivity contribution < 1.29 is 18.6 Å². The molecule has 1 aromatic rings. The van der Waals surface area contributed by atoms with Gasteiger partial charge in [0, 0.05) is 19.7 Å². The van der Waals surface area contributed by atoms with Crippen LogP contribution >= 0.6 is 0 Å². The maximum atomic E-state index is 13.2. The Morgan fingerprint density at radius 1 is 1.32 bits per heavy atom. The normalized spacial score (nSPS) is 25.9. The summed E-state index contributed by atoms with van der Waals surface area (Å²) in [5.41, 5.74) is 0.980. The molecule has 7 heteroatoms. The highest BCUT2D eigenvalue weighted by molar-refractivity contribution is 5.80. The molecule has 2 aliphatic heterocycles. The predicted octanol–water partition coefficient (Wildman–Crippen LogP) is 2.75. The van der Waals surface area contributed by atoms with Crippen LogP contribution in [0.25, 0.3) is 0 Å². The van der Waals surface area contributed by atoms with Crippen molar-refractivity contribution in [3.8, 4) is 0 Å². The number of morpholine rings is 1. The highest BCUT2D eigenvalue weighted by Crippen LogP contribution is 2.25. The molecule has 0 spiro atoms. The van der Waals surface area contributed by atoms with E-state index in [4.69, 9.17) is 19.2 Å². The summed E-state index contributed by atoms with van der Waals surface area (Å²) in [7, 11) is 0. The fourth-order valence-corrected chi connectivity index (χ4v) is 3.62. The number of hydrogen-bond acceptors (Lipinski definition) is 4. The van der Waals surface area contributed by atoms with Crippen molar-refractivity contribution in [3.63, 3.8) is 0 Å². The van der Waals surface area contributed by atoms with Crippen LogP contribution in [0.5, 0.6) is 0 Å². The molecule has 0 aromatic heterocycles. The molecule has 2 saturated heterocycles. The van der Waals surface area contributed by atoms with Gasteiger partial charge in [0.1, 0.15) is 11.9 Å². The number of nitrogens with zero attached hydrogens (tertiary/aromatic N) is 2. The van der Waals surface area contributed by atoms with E-state index >= 15 is 0 Å². The van der Waals surface area contributed by atoms with E-state index in [1.165, 1.54) is 12.1 Å². The molecule has 6 nitrogen and oxygen atoms in total. The van der Waals surface area contributed by atoms with Crippen LogP contribution in [0.2, 0.25) is 0 Å². The summed E-state index contributed by atoms with van der Waals surface area (Å²) in [5.74, 6) is 0.632. The standard InChI is InChI=1S/C21H32FN3O3/c1-3-23-21(24-10-12-26-15-19-5-4-11-27-19)25-13-16(2)28-20(14-25)17-6-8-18(22)9-7-17/h6-9,16,19-20H,3-5,10-15H2,1-2H3,(H,23,24). The Labute approximate surface area is 167 Å². The van der Waals surface area contributed by atoms with E-state index < -0.39 is 0 Å². The van der Waals surface area contributed by atoms with Crippen LogP contribution < -0.4 is 5.32 Å². The van der Waals surface area contributed by atoms with Gasteiger partial charge in [-0.3, -0.25) is 4.99 Å². The Morgan fingerprint density at radius 3 is 2.86 bits per heavy atom. The monoisotopic (exact) mass is 393 g/mol. The largest absolute Gasteiger partial charge is 0.377 e. The zero-order chi connectivity index (χ0) is 19.8. The van der Waals surface area contributed by atoms with Crippen LogP contribution in [-0.4, -0.2) is 69.1 Å². The Hall–Kier alpha value is -1.70. The minimum Gasteiger partial charge on any atom is -0.377 e. The van der Waals surface area contributed by atoms with Crippen LogP contribution in [0.3, 0.4) is 0 Å². The average Bonchev–Trinajstić information content (AvgIpc) is 3.20. The van der Waals surface area contributed by atoms with Crippen LogP contribution in [-0.2, 0) is 14.2 Å². The van der Waals surface area contributed by atoms with E-state index in [2.05, 4.69) is 24.1 Å². The van der Waals surface area contributed by atoms with E-state index in [-0.39, 0.29) is 24.1 Å². The van der Waals surface area contributed by atoms with E-state index in [1.807, 2.05) is 0 Å². The smallest absolute Gasteiger partial charge is 0.194 e. The SMILES string of the molecule is CCNC(=NCCOCC1CCCO1)N1CC(C)OC(c2ccc(F)cc2)C1. The van der Waals surface area contributed by atoms with Gasteiger partial charge in [0.05, 0.1) is 38.5 Å². The second-order valence-corrected chi connectivity index (χ2v) is 7.34. The first-order chi connectivity index (χ1) is 13.7. The summed E-state index contributed by atoms with van der Waals surface area (Å²) < 4.78 is 30.6. The number of ether oxygens (including phenoxy) is 3. The van der Waals surface area contributed by atoms with Crippen molar-refractivity contribution in [3.05, 3.63) is 35.6 Å². The summed E-state index contributed by atoms with van der Waals surface area (Å²) in [6, 6.07) is 6.54. The highest BCUT2D eigenvalue weighted by atomic mass is 19.1. The molecule has 1 aromatic carbocycles. The van der Waals surface area contributed by atoms with Gasteiger partial charge in [-0.2, -0.15) is 0 Å². The summed E-state index contributed by atoms with van der Waals surface area (Å²) in [4.78, 5) is 6.94. The van der Waals surface area contributed by atoms with Crippen molar-refractivity contribution in [2.24, 2.45) is 4.99 Å². The van der Waals surface area contributed by atoms with Crippen molar-refractivity contribution >= 4 is 5.96 Å². The van der Waals surface area contributed by atoms with Gasteiger partial charge in [-0.15, -0.1) is 0 Å². The van der Waals surface area contributed by atoms with Crippen LogP contribution in [0.4, 0.5) is 4.39 Å². The quantitative estimate of drug-likeness (QED) is 0.439. The summed E-state index contributed by atoms with van der Waals surface area (Å²) in [5, 5.41) is 3.37. The molecule has 3 atom stereocenters. The first kappa shape index (κ1) is 21.0. The zero-order valence-electron chi connectivity index (χ0n) is 16.9. The number of nitrogens with one attached hydrogen (secondary N) is 1. The molecule has 3 unspecified atom stereocenters. The second-order valence-electron chi connectivity index (χ2n) is 7.34. The Morgan fingerprint density at radius 2 is 2.14 bits per heavy atom. The van der Waals surface area contributed by atoms with Crippen molar-refractivity contribution in [1.82, 2.24) is 10.2 Å². The Balaban J connectivity index is 1.55. The molecular formula is C21H32FN3O3. The van der Waals surface area contributed by atoms with E-state index in [9.17, 15) is 4.39 Å². The number of aliphatic imine (C=N–C) groups is 1. The van der Waals surface area contributed by atoms with Gasteiger partial charge in [-0.05, 0) is 44.4 Å². The summed E-state index contributed by atoms with van der Waals surface area (Å²) in [6.45, 7) is 9.02. The van der Waals surface area contributed by atoms with Crippen LogP contribution in [0.1, 0.15) is 38.4 Å². The van der Waals surface area contributed by atoms with E-state index in [0.717, 1.165) is 44.1 Å². The minimum absolute atomic E-state index is 0.0587. The third-order valence-electron chi connectivity index (χ3n) is 4.96. The molecule has 0 saturated carbocycles. The molecule has 2 fully saturated rings. The van der Waals surface area contributed by atoms with Crippen molar-refractivity contribution in [2.75, 3.05) is 46.0 Å². The number of halogens is 1. The number of hydrogen-bond donors (Lipinski definition) is 1. The van der Waals surface area contributed by atoms with Crippen LogP contribution in [0.15, 0.2) is 29.3 Å². The molecule has 3 rings (SSSR count). The van der Waals surface area contributed by atoms with Gasteiger partial charge in [-0.1, -0.05) is 12.1 Å². The number of benzene rings is 1. The number of rotatable bonds is 7. The molecule has 2 aliphatic rings. The summed E-state index contributed by atoms with van der Waals surface area (Å²) in [6.07, 6.45) is 2.41. The van der Waals surface area contributed by atoms with E-state index in [0.29, 0.717) is 26.3 Å². The lowest BCUT2D eigenvalue weighted by molar-refractivity contribution is -0.0605. The Kier molecular flexibility index (Phi) is 8.06. The maximum absolute atomic E-state index is 13.2. The van der Waals surface area contributed by atoms with Gasteiger partial charge in [-0.25, -0.2) is 4.39 Å².